The standard InChI is InChI=1S/C17H22N2O2/c1-2-8-19-13-7-6-10(9-14(13)21-17(19)20)16(18)15-11-4-3-5-12(11)15/h6-7,9,11-12,15-16H,2-5,8,18H2,1H3. The fourth-order valence-electron chi connectivity index (χ4n) is 4.36. The normalized spacial score (nSPS) is 28.8. The molecule has 1 aromatic carbocycles. The highest BCUT2D eigenvalue weighted by Crippen LogP contribution is 2.61. The lowest BCUT2D eigenvalue weighted by atomic mass is 9.97. The Balaban J connectivity index is 1.66. The average molecular weight is 286 g/mol. The number of aromatic nitrogens is 1. The van der Waals surface area contributed by atoms with Gasteiger partial charge in [-0.05, 0) is 54.7 Å². The molecule has 2 N–H and O–H groups in total. The third-order valence-corrected chi connectivity index (χ3v) is 5.41. The summed E-state index contributed by atoms with van der Waals surface area (Å²) in [4.78, 5) is 11.9. The second-order valence-electron chi connectivity index (χ2n) is 6.61. The minimum atomic E-state index is -0.263. The number of benzene rings is 1. The van der Waals surface area contributed by atoms with E-state index in [-0.39, 0.29) is 11.8 Å². The fraction of sp³-hybridized carbons (Fsp3) is 0.588. The van der Waals surface area contributed by atoms with Crippen molar-refractivity contribution in [1.29, 1.82) is 0 Å². The summed E-state index contributed by atoms with van der Waals surface area (Å²) in [7, 11) is 0. The van der Waals surface area contributed by atoms with Crippen LogP contribution in [0.15, 0.2) is 27.4 Å². The Morgan fingerprint density at radius 2 is 2.14 bits per heavy atom. The summed E-state index contributed by atoms with van der Waals surface area (Å²) in [6, 6.07) is 6.12. The molecular weight excluding hydrogens is 264 g/mol. The summed E-state index contributed by atoms with van der Waals surface area (Å²) in [5.41, 5.74) is 9.13. The summed E-state index contributed by atoms with van der Waals surface area (Å²) in [6.07, 6.45) is 4.97. The molecule has 3 atom stereocenters. The Bertz CT molecular complexity index is 720. The molecular formula is C17H22N2O2. The van der Waals surface area contributed by atoms with Crippen molar-refractivity contribution in [3.05, 3.63) is 34.3 Å². The highest BCUT2D eigenvalue weighted by Gasteiger charge is 2.55. The first-order valence-corrected chi connectivity index (χ1v) is 8.09. The van der Waals surface area contributed by atoms with Gasteiger partial charge in [0.15, 0.2) is 5.58 Å². The van der Waals surface area contributed by atoms with E-state index in [4.69, 9.17) is 10.2 Å². The predicted molar refractivity (Wildman–Crippen MR) is 82.0 cm³/mol. The number of nitrogens with two attached hydrogens (primary N) is 1. The molecule has 2 aliphatic rings. The number of rotatable bonds is 4. The summed E-state index contributed by atoms with van der Waals surface area (Å²) in [5, 5.41) is 0. The number of hydrogen-bond donors (Lipinski definition) is 1. The second kappa shape index (κ2) is 4.73. The van der Waals surface area contributed by atoms with Crippen molar-refractivity contribution in [1.82, 2.24) is 4.57 Å². The van der Waals surface area contributed by atoms with Crippen LogP contribution in [0.25, 0.3) is 11.1 Å². The molecule has 2 aliphatic carbocycles. The zero-order chi connectivity index (χ0) is 14.6. The van der Waals surface area contributed by atoms with Crippen LogP contribution in [0, 0.1) is 17.8 Å². The Labute approximate surface area is 123 Å². The number of fused-ring (bicyclic) bond motifs is 2. The van der Waals surface area contributed by atoms with Crippen LogP contribution < -0.4 is 11.5 Å². The highest BCUT2D eigenvalue weighted by atomic mass is 16.4. The van der Waals surface area contributed by atoms with Crippen LogP contribution in [0.5, 0.6) is 0 Å². The number of aryl methyl sites for hydroxylation is 1. The average Bonchev–Trinajstić information content (AvgIpc) is 2.82. The zero-order valence-corrected chi connectivity index (χ0v) is 12.4. The lowest BCUT2D eigenvalue weighted by molar-refractivity contribution is 0.495. The molecule has 0 aliphatic heterocycles. The van der Waals surface area contributed by atoms with Crippen molar-refractivity contribution in [2.75, 3.05) is 0 Å². The predicted octanol–water partition coefficient (Wildman–Crippen LogP) is 3.05. The Morgan fingerprint density at radius 1 is 1.38 bits per heavy atom. The maximum absolute atomic E-state index is 11.9. The third-order valence-electron chi connectivity index (χ3n) is 5.41. The van der Waals surface area contributed by atoms with Crippen LogP contribution in [-0.2, 0) is 6.54 Å². The van der Waals surface area contributed by atoms with Crippen molar-refractivity contribution < 1.29 is 4.42 Å². The third kappa shape index (κ3) is 1.96. The van der Waals surface area contributed by atoms with Crippen LogP contribution in [0.4, 0.5) is 0 Å². The first-order valence-electron chi connectivity index (χ1n) is 8.09. The number of nitrogens with zero attached hydrogens (tertiary/aromatic N) is 1. The topological polar surface area (TPSA) is 61.2 Å². The van der Waals surface area contributed by atoms with Crippen molar-refractivity contribution >= 4 is 11.1 Å². The van der Waals surface area contributed by atoms with Crippen LogP contribution in [0.3, 0.4) is 0 Å². The molecule has 4 heteroatoms. The second-order valence-corrected chi connectivity index (χ2v) is 6.61. The van der Waals surface area contributed by atoms with E-state index in [1.165, 1.54) is 19.3 Å². The van der Waals surface area contributed by atoms with Crippen LogP contribution in [0.1, 0.15) is 44.2 Å². The van der Waals surface area contributed by atoms with Crippen molar-refractivity contribution in [3.63, 3.8) is 0 Å². The van der Waals surface area contributed by atoms with Gasteiger partial charge in [-0.2, -0.15) is 0 Å². The van der Waals surface area contributed by atoms with E-state index in [0.717, 1.165) is 29.3 Å². The van der Waals surface area contributed by atoms with Gasteiger partial charge in [-0.25, -0.2) is 4.79 Å². The van der Waals surface area contributed by atoms with Gasteiger partial charge in [0, 0.05) is 12.6 Å². The van der Waals surface area contributed by atoms with E-state index in [9.17, 15) is 4.79 Å². The first-order chi connectivity index (χ1) is 10.2. The smallest absolute Gasteiger partial charge is 0.408 e. The summed E-state index contributed by atoms with van der Waals surface area (Å²) in [6.45, 7) is 2.76. The molecule has 4 rings (SSSR count). The molecule has 0 saturated heterocycles. The van der Waals surface area contributed by atoms with E-state index >= 15 is 0 Å². The molecule has 2 saturated carbocycles. The minimum absolute atomic E-state index is 0.0875. The Hall–Kier alpha value is -1.55. The van der Waals surface area contributed by atoms with Gasteiger partial charge in [-0.1, -0.05) is 19.4 Å². The van der Waals surface area contributed by atoms with E-state index in [1.54, 1.807) is 4.57 Å². The van der Waals surface area contributed by atoms with E-state index < -0.39 is 0 Å². The van der Waals surface area contributed by atoms with Crippen molar-refractivity contribution in [2.24, 2.45) is 23.5 Å². The van der Waals surface area contributed by atoms with E-state index in [0.29, 0.717) is 18.0 Å². The Kier molecular flexibility index (Phi) is 2.96. The minimum Gasteiger partial charge on any atom is -0.408 e. The van der Waals surface area contributed by atoms with Gasteiger partial charge < -0.3 is 10.2 Å². The number of hydrogen-bond acceptors (Lipinski definition) is 3. The molecule has 4 nitrogen and oxygen atoms in total. The molecule has 3 unspecified atom stereocenters. The largest absolute Gasteiger partial charge is 0.419 e. The molecule has 0 radical (unpaired) electrons. The van der Waals surface area contributed by atoms with Crippen LogP contribution >= 0.6 is 0 Å². The van der Waals surface area contributed by atoms with Gasteiger partial charge in [0.2, 0.25) is 0 Å². The van der Waals surface area contributed by atoms with Gasteiger partial charge >= 0.3 is 5.76 Å². The van der Waals surface area contributed by atoms with E-state index in [2.05, 4.69) is 13.0 Å². The zero-order valence-electron chi connectivity index (χ0n) is 12.4. The lowest BCUT2D eigenvalue weighted by Crippen LogP contribution is -2.15. The van der Waals surface area contributed by atoms with E-state index in [1.807, 2.05) is 12.1 Å². The van der Waals surface area contributed by atoms with Crippen molar-refractivity contribution in [2.45, 2.75) is 45.2 Å². The molecule has 112 valence electrons. The molecule has 0 amide bonds. The Morgan fingerprint density at radius 3 is 2.86 bits per heavy atom. The van der Waals surface area contributed by atoms with Crippen LogP contribution in [-0.4, -0.2) is 4.57 Å². The van der Waals surface area contributed by atoms with Crippen molar-refractivity contribution in [3.8, 4) is 0 Å². The molecule has 1 heterocycles. The number of oxazole rings is 1. The van der Waals surface area contributed by atoms with Gasteiger partial charge in [-0.3, -0.25) is 4.57 Å². The highest BCUT2D eigenvalue weighted by molar-refractivity contribution is 5.74. The van der Waals surface area contributed by atoms with Gasteiger partial charge in [0.05, 0.1) is 5.52 Å². The van der Waals surface area contributed by atoms with Gasteiger partial charge in [0.1, 0.15) is 0 Å². The van der Waals surface area contributed by atoms with Gasteiger partial charge in [0.25, 0.3) is 0 Å². The quantitative estimate of drug-likeness (QED) is 0.939. The van der Waals surface area contributed by atoms with Gasteiger partial charge in [-0.15, -0.1) is 0 Å². The molecule has 21 heavy (non-hydrogen) atoms. The summed E-state index contributed by atoms with van der Waals surface area (Å²) in [5.74, 6) is 2.06. The SMILES string of the molecule is CCCn1c(=O)oc2cc(C(N)C3C4CCCC43)ccc21. The maximum atomic E-state index is 11.9. The molecule has 2 fully saturated rings. The maximum Gasteiger partial charge on any atom is 0.419 e. The lowest BCUT2D eigenvalue weighted by Gasteiger charge is -2.14. The first kappa shape index (κ1) is 13.1. The fourth-order valence-corrected chi connectivity index (χ4v) is 4.36. The molecule has 0 bridgehead atoms. The monoisotopic (exact) mass is 286 g/mol. The molecule has 1 aromatic heterocycles. The molecule has 2 aromatic rings. The van der Waals surface area contributed by atoms with Crippen LogP contribution in [0.2, 0.25) is 0 Å². The summed E-state index contributed by atoms with van der Waals surface area (Å²) < 4.78 is 7.09. The summed E-state index contributed by atoms with van der Waals surface area (Å²) >= 11 is 0. The molecule has 0 spiro atoms.